The molecule has 0 unspecified atom stereocenters. The Bertz CT molecular complexity index is 1040. The molecular weight excluding hydrogens is 454 g/mol. The molecule has 0 aliphatic carbocycles. The summed E-state index contributed by atoms with van der Waals surface area (Å²) in [7, 11) is 5.50. The van der Waals surface area contributed by atoms with E-state index in [2.05, 4.69) is 41.7 Å². The molecule has 0 aliphatic heterocycles. The Hall–Kier alpha value is -3.46. The first-order valence-electron chi connectivity index (χ1n) is 12.4. The lowest BCUT2D eigenvalue weighted by molar-refractivity contribution is -0.135. The highest BCUT2D eigenvalue weighted by Gasteiger charge is 2.20. The second kappa shape index (κ2) is 14.2. The fourth-order valence-corrected chi connectivity index (χ4v) is 3.40. The number of carbonyl (C=O) groups is 2. The molecular formula is C27H41N7O2. The molecule has 9 heteroatoms. The van der Waals surface area contributed by atoms with Gasteiger partial charge in [0, 0.05) is 37.9 Å². The summed E-state index contributed by atoms with van der Waals surface area (Å²) in [6.45, 7) is 9.07. The SMILES string of the molecule is CCc1ncc(Nc2cccc(CCNC(=O)[C@H](C)N(C)C(=O)/C=C/CN(C)C)c2)nc1NC(C)C. The minimum Gasteiger partial charge on any atom is -0.366 e. The van der Waals surface area contributed by atoms with E-state index < -0.39 is 6.04 Å². The van der Waals surface area contributed by atoms with Gasteiger partial charge in [-0.15, -0.1) is 0 Å². The molecule has 1 aromatic heterocycles. The van der Waals surface area contributed by atoms with Crippen molar-refractivity contribution >= 4 is 29.1 Å². The van der Waals surface area contributed by atoms with E-state index in [0.29, 0.717) is 25.3 Å². The number of nitrogens with zero attached hydrogens (tertiary/aromatic N) is 4. The molecule has 0 saturated carbocycles. The minimum absolute atomic E-state index is 0.183. The summed E-state index contributed by atoms with van der Waals surface area (Å²) in [5.74, 6) is 1.08. The quantitative estimate of drug-likeness (QED) is 0.367. The standard InChI is InChI=1S/C27H41N7O2/c1-8-23-26(30-19(2)3)32-24(18-29-23)31-22-12-9-11-21(17-22)14-15-28-27(36)20(4)34(7)25(35)13-10-16-33(5)6/h9-13,17-20H,8,14-16H2,1-7H3,(H,28,36)(H2,30,31,32)/b13-10+/t20-/m0/s1. The lowest BCUT2D eigenvalue weighted by Gasteiger charge is -2.23. The average molecular weight is 496 g/mol. The molecule has 0 spiro atoms. The number of amides is 2. The van der Waals surface area contributed by atoms with E-state index in [-0.39, 0.29) is 17.9 Å². The molecule has 1 heterocycles. The summed E-state index contributed by atoms with van der Waals surface area (Å²) in [6, 6.07) is 7.69. The molecule has 36 heavy (non-hydrogen) atoms. The van der Waals surface area contributed by atoms with Crippen LogP contribution in [0.4, 0.5) is 17.3 Å². The minimum atomic E-state index is -0.562. The first-order chi connectivity index (χ1) is 17.1. The molecule has 1 aromatic carbocycles. The molecule has 2 amide bonds. The average Bonchev–Trinajstić information content (AvgIpc) is 2.82. The van der Waals surface area contributed by atoms with Crippen LogP contribution in [0.15, 0.2) is 42.6 Å². The van der Waals surface area contributed by atoms with E-state index >= 15 is 0 Å². The lowest BCUT2D eigenvalue weighted by Crippen LogP contribution is -2.45. The second-order valence-corrected chi connectivity index (χ2v) is 9.36. The first kappa shape index (κ1) is 28.8. The molecule has 3 N–H and O–H groups in total. The molecule has 0 bridgehead atoms. The molecule has 2 rings (SSSR count). The van der Waals surface area contributed by atoms with Gasteiger partial charge in [0.05, 0.1) is 11.9 Å². The first-order valence-corrected chi connectivity index (χ1v) is 12.4. The number of nitrogens with one attached hydrogen (secondary N) is 3. The van der Waals surface area contributed by atoms with Gasteiger partial charge in [-0.2, -0.15) is 0 Å². The maximum atomic E-state index is 12.6. The molecule has 9 nitrogen and oxygen atoms in total. The maximum absolute atomic E-state index is 12.6. The smallest absolute Gasteiger partial charge is 0.246 e. The van der Waals surface area contributed by atoms with Gasteiger partial charge in [0.15, 0.2) is 5.82 Å². The van der Waals surface area contributed by atoms with Crippen LogP contribution < -0.4 is 16.0 Å². The van der Waals surface area contributed by atoms with Crippen molar-refractivity contribution in [1.29, 1.82) is 0 Å². The van der Waals surface area contributed by atoms with Crippen LogP contribution in [0.25, 0.3) is 0 Å². The highest BCUT2D eigenvalue weighted by atomic mass is 16.2. The molecule has 2 aromatic rings. The summed E-state index contributed by atoms with van der Waals surface area (Å²) < 4.78 is 0. The van der Waals surface area contributed by atoms with Gasteiger partial charge in [-0.25, -0.2) is 4.98 Å². The fraction of sp³-hybridized carbons (Fsp3) is 0.481. The lowest BCUT2D eigenvalue weighted by atomic mass is 10.1. The third-order valence-electron chi connectivity index (χ3n) is 5.56. The van der Waals surface area contributed by atoms with E-state index in [4.69, 9.17) is 4.98 Å². The highest BCUT2D eigenvalue weighted by Crippen LogP contribution is 2.20. The maximum Gasteiger partial charge on any atom is 0.246 e. The number of benzene rings is 1. The van der Waals surface area contributed by atoms with Crippen LogP contribution in [-0.2, 0) is 22.4 Å². The van der Waals surface area contributed by atoms with E-state index in [9.17, 15) is 9.59 Å². The number of aryl methyl sites for hydroxylation is 1. The number of likely N-dealkylation sites (N-methyl/N-ethyl adjacent to an activating group) is 2. The van der Waals surface area contributed by atoms with Crippen molar-refractivity contribution in [2.45, 2.75) is 52.6 Å². The van der Waals surface area contributed by atoms with Crippen molar-refractivity contribution in [1.82, 2.24) is 25.1 Å². The number of hydrogen-bond donors (Lipinski definition) is 3. The monoisotopic (exact) mass is 495 g/mol. The highest BCUT2D eigenvalue weighted by molar-refractivity contribution is 5.92. The van der Waals surface area contributed by atoms with Gasteiger partial charge in [-0.05, 0) is 65.4 Å². The summed E-state index contributed by atoms with van der Waals surface area (Å²) in [4.78, 5) is 37.5. The van der Waals surface area contributed by atoms with Crippen molar-refractivity contribution in [3.63, 3.8) is 0 Å². The number of rotatable bonds is 13. The Morgan fingerprint density at radius 1 is 1.14 bits per heavy atom. The van der Waals surface area contributed by atoms with Crippen LogP contribution in [0.5, 0.6) is 0 Å². The largest absolute Gasteiger partial charge is 0.366 e. The molecule has 0 saturated heterocycles. The van der Waals surface area contributed by atoms with Crippen LogP contribution in [0.1, 0.15) is 39.0 Å². The van der Waals surface area contributed by atoms with Crippen LogP contribution >= 0.6 is 0 Å². The number of hydrogen-bond acceptors (Lipinski definition) is 7. The van der Waals surface area contributed by atoms with Crippen LogP contribution in [0.3, 0.4) is 0 Å². The van der Waals surface area contributed by atoms with E-state index in [1.807, 2.05) is 43.3 Å². The van der Waals surface area contributed by atoms with E-state index in [0.717, 1.165) is 29.2 Å². The Kier molecular flexibility index (Phi) is 11.3. The number of carbonyl (C=O) groups excluding carboxylic acids is 2. The van der Waals surface area contributed by atoms with Gasteiger partial charge in [-0.3, -0.25) is 14.6 Å². The number of aromatic nitrogens is 2. The van der Waals surface area contributed by atoms with Crippen LogP contribution in [0.2, 0.25) is 0 Å². The van der Waals surface area contributed by atoms with Crippen molar-refractivity contribution in [3.8, 4) is 0 Å². The van der Waals surface area contributed by atoms with E-state index in [1.54, 1.807) is 26.2 Å². The third kappa shape index (κ3) is 9.30. The molecule has 196 valence electrons. The van der Waals surface area contributed by atoms with Crippen LogP contribution in [0, 0.1) is 0 Å². The normalized spacial score (nSPS) is 12.1. The van der Waals surface area contributed by atoms with Gasteiger partial charge in [0.2, 0.25) is 11.8 Å². The zero-order valence-corrected chi connectivity index (χ0v) is 22.6. The fourth-order valence-electron chi connectivity index (χ4n) is 3.40. The Labute approximate surface area is 215 Å². The summed E-state index contributed by atoms with van der Waals surface area (Å²) >= 11 is 0. The Morgan fingerprint density at radius 3 is 2.56 bits per heavy atom. The summed E-state index contributed by atoms with van der Waals surface area (Å²) in [5, 5.41) is 9.61. The Balaban J connectivity index is 1.91. The van der Waals surface area contributed by atoms with E-state index in [1.165, 1.54) is 11.0 Å². The van der Waals surface area contributed by atoms with Crippen LogP contribution in [-0.4, -0.2) is 77.9 Å². The zero-order chi connectivity index (χ0) is 26.7. The summed E-state index contributed by atoms with van der Waals surface area (Å²) in [6.07, 6.45) is 6.50. The zero-order valence-electron chi connectivity index (χ0n) is 22.6. The van der Waals surface area contributed by atoms with Crippen molar-refractivity contribution in [2.24, 2.45) is 0 Å². The van der Waals surface area contributed by atoms with Gasteiger partial charge < -0.3 is 25.8 Å². The van der Waals surface area contributed by atoms with Gasteiger partial charge in [0.25, 0.3) is 0 Å². The molecule has 0 radical (unpaired) electrons. The topological polar surface area (TPSA) is 102 Å². The number of anilines is 3. The molecule has 0 fully saturated rings. The van der Waals surface area contributed by atoms with Gasteiger partial charge >= 0.3 is 0 Å². The Morgan fingerprint density at radius 2 is 1.89 bits per heavy atom. The molecule has 1 atom stereocenters. The third-order valence-corrected chi connectivity index (χ3v) is 5.56. The van der Waals surface area contributed by atoms with Crippen molar-refractivity contribution in [3.05, 3.63) is 53.9 Å². The summed E-state index contributed by atoms with van der Waals surface area (Å²) in [5.41, 5.74) is 2.91. The van der Waals surface area contributed by atoms with Gasteiger partial charge in [-0.1, -0.05) is 25.1 Å². The van der Waals surface area contributed by atoms with Gasteiger partial charge in [0.1, 0.15) is 11.9 Å². The van der Waals surface area contributed by atoms with Crippen molar-refractivity contribution in [2.75, 3.05) is 44.9 Å². The predicted molar refractivity (Wildman–Crippen MR) is 147 cm³/mol. The molecule has 0 aliphatic rings. The second-order valence-electron chi connectivity index (χ2n) is 9.36. The predicted octanol–water partition coefficient (Wildman–Crippen LogP) is 3.23. The van der Waals surface area contributed by atoms with Crippen molar-refractivity contribution < 1.29 is 9.59 Å².